The summed E-state index contributed by atoms with van der Waals surface area (Å²) in [5.74, 6) is -0.342. The molecule has 2 aromatic heterocycles. The summed E-state index contributed by atoms with van der Waals surface area (Å²) in [6, 6.07) is 11.8. The number of hydrogen-bond acceptors (Lipinski definition) is 6. The zero-order chi connectivity index (χ0) is 17.3. The minimum Gasteiger partial charge on any atom is -0.468 e. The highest BCUT2D eigenvalue weighted by atomic mass is 32.2. The summed E-state index contributed by atoms with van der Waals surface area (Å²) in [7, 11) is 3.02. The van der Waals surface area contributed by atoms with Crippen molar-refractivity contribution in [2.45, 2.75) is 17.3 Å². The summed E-state index contributed by atoms with van der Waals surface area (Å²) < 4.78 is 6.21. The van der Waals surface area contributed by atoms with Crippen molar-refractivity contribution in [2.75, 3.05) is 7.11 Å². The predicted molar refractivity (Wildman–Crippen MR) is 97.6 cm³/mol. The zero-order valence-corrected chi connectivity index (χ0v) is 15.1. The molecule has 2 heterocycles. The zero-order valence-electron chi connectivity index (χ0n) is 13.5. The van der Waals surface area contributed by atoms with E-state index in [1.807, 2.05) is 36.4 Å². The fourth-order valence-corrected chi connectivity index (χ4v) is 4.25. The van der Waals surface area contributed by atoms with Gasteiger partial charge in [0.25, 0.3) is 5.56 Å². The van der Waals surface area contributed by atoms with E-state index in [4.69, 9.17) is 4.74 Å². The number of aromatic nitrogens is 2. The molecule has 0 aliphatic heterocycles. The highest BCUT2D eigenvalue weighted by Crippen LogP contribution is 2.32. The molecule has 5 nitrogen and oxygen atoms in total. The molecule has 1 atom stereocenters. The van der Waals surface area contributed by atoms with Gasteiger partial charge in [-0.15, -0.1) is 11.3 Å². The third-order valence-electron chi connectivity index (χ3n) is 3.61. The van der Waals surface area contributed by atoms with Gasteiger partial charge in [-0.05, 0) is 18.6 Å². The molecule has 1 unspecified atom stereocenters. The number of thioether (sulfide) groups is 1. The molecule has 3 rings (SSSR count). The molecule has 0 radical (unpaired) electrons. The second kappa shape index (κ2) is 6.78. The van der Waals surface area contributed by atoms with Crippen molar-refractivity contribution in [1.82, 2.24) is 9.55 Å². The lowest BCUT2D eigenvalue weighted by molar-refractivity contribution is -0.139. The van der Waals surface area contributed by atoms with E-state index < -0.39 is 5.25 Å². The highest BCUT2D eigenvalue weighted by Gasteiger charge is 2.19. The van der Waals surface area contributed by atoms with Gasteiger partial charge >= 0.3 is 5.97 Å². The van der Waals surface area contributed by atoms with Crippen molar-refractivity contribution in [2.24, 2.45) is 7.05 Å². The molecule has 0 bridgehead atoms. The standard InChI is InChI=1S/C17H16N2O3S2/c1-10(16(21)22-3)23-17-18-14-12(15(20)19(17)2)9-13(24-14)11-7-5-4-6-8-11/h4-10H,1-3H3. The lowest BCUT2D eigenvalue weighted by Crippen LogP contribution is -2.22. The summed E-state index contributed by atoms with van der Waals surface area (Å²) in [5, 5.41) is 0.669. The van der Waals surface area contributed by atoms with E-state index in [1.165, 1.54) is 34.8 Å². The van der Waals surface area contributed by atoms with Crippen molar-refractivity contribution >= 4 is 39.3 Å². The van der Waals surface area contributed by atoms with Gasteiger partial charge in [0.05, 0.1) is 12.5 Å². The van der Waals surface area contributed by atoms with Crippen LogP contribution in [0.4, 0.5) is 0 Å². The van der Waals surface area contributed by atoms with Crippen LogP contribution in [0.3, 0.4) is 0 Å². The first kappa shape index (κ1) is 16.7. The molecule has 7 heteroatoms. The van der Waals surface area contributed by atoms with E-state index in [0.29, 0.717) is 15.4 Å². The average molecular weight is 360 g/mol. The molecule has 124 valence electrons. The van der Waals surface area contributed by atoms with Crippen molar-refractivity contribution < 1.29 is 9.53 Å². The van der Waals surface area contributed by atoms with Crippen LogP contribution < -0.4 is 5.56 Å². The van der Waals surface area contributed by atoms with Gasteiger partial charge in [0.1, 0.15) is 10.1 Å². The van der Waals surface area contributed by atoms with Crippen LogP contribution in [0.5, 0.6) is 0 Å². The minimum atomic E-state index is -0.431. The van der Waals surface area contributed by atoms with Gasteiger partial charge in [-0.3, -0.25) is 14.2 Å². The highest BCUT2D eigenvalue weighted by molar-refractivity contribution is 8.00. The number of benzene rings is 1. The molecule has 0 saturated carbocycles. The topological polar surface area (TPSA) is 61.2 Å². The number of rotatable bonds is 4. The second-order valence-corrected chi connectivity index (χ2v) is 7.58. The normalized spacial score (nSPS) is 12.3. The van der Waals surface area contributed by atoms with Gasteiger partial charge in [0.15, 0.2) is 5.16 Å². The first-order valence-electron chi connectivity index (χ1n) is 7.31. The molecule has 3 aromatic rings. The number of thiophene rings is 1. The third kappa shape index (κ3) is 3.09. The van der Waals surface area contributed by atoms with Crippen LogP contribution in [-0.4, -0.2) is 27.9 Å². The minimum absolute atomic E-state index is 0.113. The SMILES string of the molecule is COC(=O)C(C)Sc1nc2sc(-c3ccccc3)cc2c(=O)n1C. The lowest BCUT2D eigenvalue weighted by atomic mass is 10.2. The van der Waals surface area contributed by atoms with Crippen LogP contribution in [0.2, 0.25) is 0 Å². The fraction of sp³-hybridized carbons (Fsp3) is 0.235. The molecule has 0 fully saturated rings. The van der Waals surface area contributed by atoms with Crippen LogP contribution in [0, 0.1) is 0 Å². The molecule has 0 N–H and O–H groups in total. The number of ether oxygens (including phenoxy) is 1. The van der Waals surface area contributed by atoms with E-state index in [9.17, 15) is 9.59 Å². The van der Waals surface area contributed by atoms with Crippen LogP contribution >= 0.6 is 23.1 Å². The number of carbonyl (C=O) groups is 1. The summed E-state index contributed by atoms with van der Waals surface area (Å²) in [6.45, 7) is 1.73. The Morgan fingerprint density at radius 3 is 2.71 bits per heavy atom. The Morgan fingerprint density at radius 1 is 1.33 bits per heavy atom. The van der Waals surface area contributed by atoms with E-state index in [-0.39, 0.29) is 11.5 Å². The Labute approximate surface area is 147 Å². The molecular formula is C17H16N2O3S2. The molecule has 24 heavy (non-hydrogen) atoms. The summed E-state index contributed by atoms with van der Waals surface area (Å²) in [5.41, 5.74) is 0.942. The van der Waals surface area contributed by atoms with Gasteiger partial charge in [-0.25, -0.2) is 4.98 Å². The van der Waals surface area contributed by atoms with Crippen LogP contribution in [-0.2, 0) is 16.6 Å². The smallest absolute Gasteiger partial charge is 0.318 e. The largest absolute Gasteiger partial charge is 0.468 e. The number of nitrogens with zero attached hydrogens (tertiary/aromatic N) is 2. The predicted octanol–water partition coefficient (Wildman–Crippen LogP) is 3.32. The maximum atomic E-state index is 12.6. The third-order valence-corrected chi connectivity index (χ3v) is 5.81. The first-order valence-corrected chi connectivity index (χ1v) is 9.01. The maximum Gasteiger partial charge on any atom is 0.318 e. The molecule has 0 saturated heterocycles. The quantitative estimate of drug-likeness (QED) is 0.406. The summed E-state index contributed by atoms with van der Waals surface area (Å²) in [4.78, 5) is 30.5. The van der Waals surface area contributed by atoms with Crippen molar-refractivity contribution in [3.63, 3.8) is 0 Å². The lowest BCUT2D eigenvalue weighted by Gasteiger charge is -2.10. The molecule has 0 amide bonds. The number of carbonyl (C=O) groups excluding carboxylic acids is 1. The number of fused-ring (bicyclic) bond motifs is 1. The van der Waals surface area contributed by atoms with Gasteiger partial charge in [0.2, 0.25) is 0 Å². The average Bonchev–Trinajstić information content (AvgIpc) is 3.03. The van der Waals surface area contributed by atoms with Crippen molar-refractivity contribution in [3.8, 4) is 10.4 Å². The Kier molecular flexibility index (Phi) is 4.73. The van der Waals surface area contributed by atoms with Crippen LogP contribution in [0.1, 0.15) is 6.92 Å². The summed E-state index contributed by atoms with van der Waals surface area (Å²) in [6.07, 6.45) is 0. The molecule has 1 aromatic carbocycles. The molecule has 0 spiro atoms. The molecule has 0 aliphatic carbocycles. The van der Waals surface area contributed by atoms with Gasteiger partial charge in [-0.1, -0.05) is 42.1 Å². The Morgan fingerprint density at radius 2 is 2.04 bits per heavy atom. The second-order valence-electron chi connectivity index (χ2n) is 5.24. The molecular weight excluding hydrogens is 344 g/mol. The Bertz CT molecular complexity index is 948. The molecule has 0 aliphatic rings. The van der Waals surface area contributed by atoms with Crippen molar-refractivity contribution in [3.05, 3.63) is 46.8 Å². The van der Waals surface area contributed by atoms with E-state index in [0.717, 1.165) is 10.4 Å². The monoisotopic (exact) mass is 360 g/mol. The fourth-order valence-electron chi connectivity index (χ4n) is 2.27. The van der Waals surface area contributed by atoms with E-state index in [2.05, 4.69) is 4.98 Å². The van der Waals surface area contributed by atoms with Crippen LogP contribution in [0.25, 0.3) is 20.7 Å². The Balaban J connectivity index is 2.06. The number of hydrogen-bond donors (Lipinski definition) is 0. The van der Waals surface area contributed by atoms with Crippen LogP contribution in [0.15, 0.2) is 46.3 Å². The van der Waals surface area contributed by atoms with Gasteiger partial charge < -0.3 is 4.74 Å². The first-order chi connectivity index (χ1) is 11.5. The van der Waals surface area contributed by atoms with E-state index >= 15 is 0 Å². The maximum absolute atomic E-state index is 12.6. The van der Waals surface area contributed by atoms with Gasteiger partial charge in [0, 0.05) is 11.9 Å². The summed E-state index contributed by atoms with van der Waals surface area (Å²) >= 11 is 2.70. The number of methoxy groups -OCH3 is 1. The number of esters is 1. The van der Waals surface area contributed by atoms with Gasteiger partial charge in [-0.2, -0.15) is 0 Å². The van der Waals surface area contributed by atoms with E-state index in [1.54, 1.807) is 14.0 Å². The Hall–Kier alpha value is -2.12. The van der Waals surface area contributed by atoms with Crippen molar-refractivity contribution in [1.29, 1.82) is 0 Å².